The van der Waals surface area contributed by atoms with E-state index >= 15 is 0 Å². The zero-order valence-electron chi connectivity index (χ0n) is 10.6. The molecule has 0 aliphatic heterocycles. The standard InChI is InChI=1S/C14H26Si/c1-4-15(5-2,6-3)13-12-14-10-8-7-9-11-14/h7-8,12-14H,4-6,9-11H2,1-3H3/b13-12+. The predicted octanol–water partition coefficient (Wildman–Crippen LogP) is 4.95. The summed E-state index contributed by atoms with van der Waals surface area (Å²) >= 11 is 0. The second kappa shape index (κ2) is 6.32. The molecule has 1 rings (SSSR count). The fraction of sp³-hybridized carbons (Fsp3) is 0.714. The molecule has 0 N–H and O–H groups in total. The summed E-state index contributed by atoms with van der Waals surface area (Å²) in [6, 6.07) is 4.25. The molecule has 1 heteroatoms. The average Bonchev–Trinajstić information content (AvgIpc) is 2.33. The van der Waals surface area contributed by atoms with E-state index in [2.05, 4.69) is 44.7 Å². The van der Waals surface area contributed by atoms with Crippen LogP contribution >= 0.6 is 0 Å². The van der Waals surface area contributed by atoms with Crippen LogP contribution in [-0.2, 0) is 0 Å². The topological polar surface area (TPSA) is 0 Å². The van der Waals surface area contributed by atoms with Gasteiger partial charge in [-0.3, -0.25) is 0 Å². The van der Waals surface area contributed by atoms with Gasteiger partial charge in [-0.2, -0.15) is 0 Å². The molecule has 0 amide bonds. The van der Waals surface area contributed by atoms with Crippen LogP contribution in [-0.4, -0.2) is 8.07 Å². The molecule has 0 aromatic rings. The van der Waals surface area contributed by atoms with E-state index in [9.17, 15) is 0 Å². The van der Waals surface area contributed by atoms with Crippen molar-refractivity contribution in [3.63, 3.8) is 0 Å². The van der Waals surface area contributed by atoms with Crippen LogP contribution in [0.1, 0.15) is 40.0 Å². The van der Waals surface area contributed by atoms with Crippen LogP contribution in [0.4, 0.5) is 0 Å². The van der Waals surface area contributed by atoms with Crippen molar-refractivity contribution in [3.05, 3.63) is 23.9 Å². The molecule has 0 aromatic carbocycles. The van der Waals surface area contributed by atoms with Crippen molar-refractivity contribution in [1.82, 2.24) is 0 Å². The molecule has 1 aliphatic carbocycles. The van der Waals surface area contributed by atoms with Crippen molar-refractivity contribution in [2.24, 2.45) is 5.92 Å². The first-order valence-electron chi connectivity index (χ1n) is 6.60. The normalized spacial score (nSPS) is 22.5. The predicted molar refractivity (Wildman–Crippen MR) is 72.8 cm³/mol. The summed E-state index contributed by atoms with van der Waals surface area (Å²) in [7, 11) is -1.01. The smallest absolute Gasteiger partial charge is 0.0766 e. The number of hydrogen-bond acceptors (Lipinski definition) is 0. The van der Waals surface area contributed by atoms with Crippen molar-refractivity contribution in [3.8, 4) is 0 Å². The van der Waals surface area contributed by atoms with Crippen LogP contribution in [0.2, 0.25) is 18.1 Å². The molecule has 0 bridgehead atoms. The van der Waals surface area contributed by atoms with Gasteiger partial charge < -0.3 is 0 Å². The minimum absolute atomic E-state index is 0.839. The molecular formula is C14H26Si. The Kier molecular flexibility index (Phi) is 5.38. The molecule has 0 saturated heterocycles. The van der Waals surface area contributed by atoms with Gasteiger partial charge in [0.15, 0.2) is 0 Å². The van der Waals surface area contributed by atoms with E-state index < -0.39 is 8.07 Å². The number of allylic oxidation sites excluding steroid dienone is 3. The van der Waals surface area contributed by atoms with Gasteiger partial charge in [0, 0.05) is 0 Å². The molecule has 0 radical (unpaired) electrons. The molecule has 1 unspecified atom stereocenters. The quantitative estimate of drug-likeness (QED) is 0.456. The van der Waals surface area contributed by atoms with E-state index in [0.717, 1.165) is 5.92 Å². The van der Waals surface area contributed by atoms with E-state index in [0.29, 0.717) is 0 Å². The van der Waals surface area contributed by atoms with Gasteiger partial charge in [0.1, 0.15) is 0 Å². The van der Waals surface area contributed by atoms with E-state index in [4.69, 9.17) is 0 Å². The zero-order valence-corrected chi connectivity index (χ0v) is 11.6. The third-order valence-corrected chi connectivity index (χ3v) is 9.27. The Balaban J connectivity index is 2.56. The minimum atomic E-state index is -1.01. The fourth-order valence-electron chi connectivity index (χ4n) is 2.44. The molecule has 15 heavy (non-hydrogen) atoms. The van der Waals surface area contributed by atoms with Crippen molar-refractivity contribution in [2.75, 3.05) is 0 Å². The molecule has 1 atom stereocenters. The van der Waals surface area contributed by atoms with Gasteiger partial charge >= 0.3 is 0 Å². The number of rotatable bonds is 5. The van der Waals surface area contributed by atoms with Gasteiger partial charge in [-0.15, -0.1) is 0 Å². The highest BCUT2D eigenvalue weighted by atomic mass is 28.3. The van der Waals surface area contributed by atoms with Gasteiger partial charge in [-0.1, -0.05) is 62.8 Å². The van der Waals surface area contributed by atoms with Gasteiger partial charge in [0.2, 0.25) is 0 Å². The lowest BCUT2D eigenvalue weighted by Crippen LogP contribution is -2.28. The maximum Gasteiger partial charge on any atom is 0.0766 e. The highest BCUT2D eigenvalue weighted by molar-refractivity contribution is 6.84. The Bertz CT molecular complexity index is 215. The highest BCUT2D eigenvalue weighted by Crippen LogP contribution is 2.25. The molecule has 1 aliphatic rings. The fourth-order valence-corrected chi connectivity index (χ4v) is 5.32. The SMILES string of the molecule is CC[Si](/C=C/C1CC=CCC1)(CC)CC. The van der Waals surface area contributed by atoms with Crippen molar-refractivity contribution >= 4 is 8.07 Å². The van der Waals surface area contributed by atoms with Crippen LogP contribution in [0.5, 0.6) is 0 Å². The Morgan fingerprint density at radius 2 is 1.80 bits per heavy atom. The lowest BCUT2D eigenvalue weighted by molar-refractivity contribution is 0.584. The number of hydrogen-bond donors (Lipinski definition) is 0. The van der Waals surface area contributed by atoms with Crippen LogP contribution in [0.25, 0.3) is 0 Å². The first-order valence-corrected chi connectivity index (χ1v) is 9.30. The summed E-state index contributed by atoms with van der Waals surface area (Å²) in [4.78, 5) is 0. The summed E-state index contributed by atoms with van der Waals surface area (Å²) in [6.07, 6.45) is 11.2. The first-order chi connectivity index (χ1) is 7.26. The molecule has 0 heterocycles. The van der Waals surface area contributed by atoms with Gasteiger partial charge in [0.25, 0.3) is 0 Å². The lowest BCUT2D eigenvalue weighted by Gasteiger charge is -2.25. The average molecular weight is 222 g/mol. The second-order valence-corrected chi connectivity index (χ2v) is 10.0. The van der Waals surface area contributed by atoms with Crippen LogP contribution in [0.3, 0.4) is 0 Å². The largest absolute Gasteiger partial charge is 0.0979 e. The maximum atomic E-state index is 2.65. The van der Waals surface area contributed by atoms with Gasteiger partial charge in [0.05, 0.1) is 8.07 Å². The molecule has 0 nitrogen and oxygen atoms in total. The monoisotopic (exact) mass is 222 g/mol. The van der Waals surface area contributed by atoms with Crippen LogP contribution in [0, 0.1) is 5.92 Å². The first kappa shape index (κ1) is 12.8. The van der Waals surface area contributed by atoms with Gasteiger partial charge in [-0.25, -0.2) is 0 Å². The zero-order chi connectivity index (χ0) is 11.1. The minimum Gasteiger partial charge on any atom is -0.0979 e. The molecule has 0 fully saturated rings. The van der Waals surface area contributed by atoms with E-state index in [1.165, 1.54) is 37.4 Å². The van der Waals surface area contributed by atoms with Crippen molar-refractivity contribution < 1.29 is 0 Å². The van der Waals surface area contributed by atoms with Crippen LogP contribution < -0.4 is 0 Å². The third-order valence-electron chi connectivity index (χ3n) is 4.14. The lowest BCUT2D eigenvalue weighted by atomic mass is 9.95. The Morgan fingerprint density at radius 3 is 2.27 bits per heavy atom. The maximum absolute atomic E-state index is 2.65. The summed E-state index contributed by atoms with van der Waals surface area (Å²) in [6.45, 7) is 7.14. The summed E-state index contributed by atoms with van der Waals surface area (Å²) < 4.78 is 0. The second-order valence-electron chi connectivity index (χ2n) is 4.83. The molecule has 86 valence electrons. The van der Waals surface area contributed by atoms with Gasteiger partial charge in [-0.05, 0) is 25.2 Å². The van der Waals surface area contributed by atoms with E-state index in [-0.39, 0.29) is 0 Å². The van der Waals surface area contributed by atoms with Crippen molar-refractivity contribution in [1.29, 1.82) is 0 Å². The highest BCUT2D eigenvalue weighted by Gasteiger charge is 2.23. The van der Waals surface area contributed by atoms with Crippen LogP contribution in [0.15, 0.2) is 23.9 Å². The molecule has 0 aromatic heterocycles. The molecule has 0 saturated carbocycles. The van der Waals surface area contributed by atoms with E-state index in [1.54, 1.807) is 0 Å². The Hall–Kier alpha value is -0.303. The Labute approximate surface area is 96.5 Å². The molecular weight excluding hydrogens is 196 g/mol. The van der Waals surface area contributed by atoms with E-state index in [1.807, 2.05) is 0 Å². The molecule has 0 spiro atoms. The third kappa shape index (κ3) is 3.64. The summed E-state index contributed by atoms with van der Waals surface area (Å²) in [5.74, 6) is 0.839. The Morgan fingerprint density at radius 1 is 1.13 bits per heavy atom. The summed E-state index contributed by atoms with van der Waals surface area (Å²) in [5.41, 5.74) is 2.65. The van der Waals surface area contributed by atoms with Crippen molar-refractivity contribution in [2.45, 2.75) is 58.2 Å². The summed E-state index contributed by atoms with van der Waals surface area (Å²) in [5, 5.41) is 0.